The standard InChI is InChI=1S/C23H17NO6/c1-10-11(2)23(27)30-18-15(10)9-16-17(12(3)29-19(16)20(18)28-4)24-21(25)13-7-5-6-8-14(13)22(24)26/h5-9H,1-4H3. The number of methoxy groups -OCH3 is 1. The molecule has 1 aliphatic heterocycles. The summed E-state index contributed by atoms with van der Waals surface area (Å²) in [6.07, 6.45) is 0. The Morgan fingerprint density at radius 1 is 0.833 bits per heavy atom. The second-order valence-corrected chi connectivity index (χ2v) is 7.30. The van der Waals surface area contributed by atoms with E-state index in [-0.39, 0.29) is 11.3 Å². The summed E-state index contributed by atoms with van der Waals surface area (Å²) < 4.78 is 16.9. The van der Waals surface area contributed by atoms with Crippen molar-refractivity contribution in [1.29, 1.82) is 0 Å². The number of fused-ring (bicyclic) bond motifs is 3. The minimum Gasteiger partial charge on any atom is -0.490 e. The van der Waals surface area contributed by atoms with Crippen molar-refractivity contribution in [3.63, 3.8) is 0 Å². The highest BCUT2D eigenvalue weighted by Crippen LogP contribution is 2.45. The van der Waals surface area contributed by atoms with Crippen molar-refractivity contribution >= 4 is 39.4 Å². The third kappa shape index (κ3) is 2.17. The van der Waals surface area contributed by atoms with Crippen LogP contribution in [0.5, 0.6) is 5.75 Å². The van der Waals surface area contributed by atoms with Crippen molar-refractivity contribution in [2.24, 2.45) is 0 Å². The zero-order valence-electron chi connectivity index (χ0n) is 16.8. The van der Waals surface area contributed by atoms with Gasteiger partial charge in [-0.25, -0.2) is 9.69 Å². The zero-order chi connectivity index (χ0) is 21.3. The van der Waals surface area contributed by atoms with E-state index in [2.05, 4.69) is 0 Å². The monoisotopic (exact) mass is 403 g/mol. The van der Waals surface area contributed by atoms with Crippen LogP contribution in [-0.2, 0) is 0 Å². The summed E-state index contributed by atoms with van der Waals surface area (Å²) in [6, 6.07) is 8.47. The quantitative estimate of drug-likeness (QED) is 0.367. The van der Waals surface area contributed by atoms with E-state index in [9.17, 15) is 14.4 Å². The van der Waals surface area contributed by atoms with Crippen LogP contribution in [0.3, 0.4) is 0 Å². The number of carbonyl (C=O) groups is 2. The maximum atomic E-state index is 13.1. The van der Waals surface area contributed by atoms with Crippen molar-refractivity contribution in [1.82, 2.24) is 0 Å². The van der Waals surface area contributed by atoms with E-state index in [1.54, 1.807) is 44.2 Å². The molecular weight excluding hydrogens is 386 g/mol. The van der Waals surface area contributed by atoms with Gasteiger partial charge in [0, 0.05) is 16.3 Å². The van der Waals surface area contributed by atoms with Crippen LogP contribution in [0.15, 0.2) is 44.0 Å². The second kappa shape index (κ2) is 6.06. The predicted molar refractivity (Wildman–Crippen MR) is 111 cm³/mol. The minimum atomic E-state index is -0.457. The first kappa shape index (κ1) is 18.2. The number of ether oxygens (including phenoxy) is 1. The van der Waals surface area contributed by atoms with Crippen LogP contribution in [0.4, 0.5) is 5.69 Å². The Balaban J connectivity index is 1.88. The molecule has 2 aromatic carbocycles. The molecule has 0 unspecified atom stereocenters. The Bertz CT molecular complexity index is 1440. The summed E-state index contributed by atoms with van der Waals surface area (Å²) in [7, 11) is 1.45. The number of amides is 2. The highest BCUT2D eigenvalue weighted by Gasteiger charge is 2.39. The SMILES string of the molecule is COc1c2oc(=O)c(C)c(C)c2cc2c(N3C(=O)c4ccccc4C3=O)c(C)oc12. The second-order valence-electron chi connectivity index (χ2n) is 7.30. The number of furan rings is 1. The average molecular weight is 403 g/mol. The van der Waals surface area contributed by atoms with Crippen LogP contribution in [0.25, 0.3) is 21.9 Å². The zero-order valence-corrected chi connectivity index (χ0v) is 16.8. The number of imide groups is 1. The summed E-state index contributed by atoms with van der Waals surface area (Å²) in [5.41, 5.74) is 2.38. The molecule has 0 bridgehead atoms. The Kier molecular flexibility index (Phi) is 3.67. The molecule has 0 saturated heterocycles. The lowest BCUT2D eigenvalue weighted by Gasteiger charge is -2.14. The van der Waals surface area contributed by atoms with Crippen LogP contribution in [-0.4, -0.2) is 18.9 Å². The largest absolute Gasteiger partial charge is 0.490 e. The fourth-order valence-corrected chi connectivity index (χ4v) is 4.05. The van der Waals surface area contributed by atoms with Crippen molar-refractivity contribution in [3.05, 3.63) is 68.8 Å². The van der Waals surface area contributed by atoms with Gasteiger partial charge in [-0.15, -0.1) is 0 Å². The van der Waals surface area contributed by atoms with Crippen molar-refractivity contribution < 1.29 is 23.2 Å². The maximum Gasteiger partial charge on any atom is 0.339 e. The Hall–Kier alpha value is -3.87. The molecule has 7 nitrogen and oxygen atoms in total. The van der Waals surface area contributed by atoms with E-state index in [0.717, 1.165) is 10.5 Å². The Morgan fingerprint density at radius 3 is 2.03 bits per heavy atom. The molecule has 0 aliphatic carbocycles. The number of nitrogens with zero attached hydrogens (tertiary/aromatic N) is 1. The molecule has 0 atom stereocenters. The normalized spacial score (nSPS) is 13.5. The molecule has 2 aromatic heterocycles. The van der Waals surface area contributed by atoms with Gasteiger partial charge in [0.1, 0.15) is 11.4 Å². The molecule has 5 rings (SSSR count). The first-order chi connectivity index (χ1) is 14.3. The Labute approximate surface area is 170 Å². The molecule has 0 radical (unpaired) electrons. The summed E-state index contributed by atoms with van der Waals surface area (Å²) >= 11 is 0. The summed E-state index contributed by atoms with van der Waals surface area (Å²) in [4.78, 5) is 39.5. The van der Waals surface area contributed by atoms with Crippen LogP contribution in [0.1, 0.15) is 37.6 Å². The van der Waals surface area contributed by atoms with E-state index in [4.69, 9.17) is 13.6 Å². The molecule has 7 heteroatoms. The molecule has 0 N–H and O–H groups in total. The minimum absolute atomic E-state index is 0.244. The molecule has 0 saturated carbocycles. The lowest BCUT2D eigenvalue weighted by molar-refractivity contribution is 0.0926. The van der Waals surface area contributed by atoms with Gasteiger partial charge < -0.3 is 13.6 Å². The summed E-state index contributed by atoms with van der Waals surface area (Å²) in [6.45, 7) is 5.18. The molecule has 0 spiro atoms. The fourth-order valence-electron chi connectivity index (χ4n) is 4.05. The van der Waals surface area contributed by atoms with Gasteiger partial charge in [0.25, 0.3) is 11.8 Å². The van der Waals surface area contributed by atoms with Gasteiger partial charge in [-0.05, 0) is 44.5 Å². The lowest BCUT2D eigenvalue weighted by Crippen LogP contribution is -2.29. The van der Waals surface area contributed by atoms with Crippen LogP contribution in [0, 0.1) is 20.8 Å². The number of aryl methyl sites for hydroxylation is 2. The van der Waals surface area contributed by atoms with E-state index in [0.29, 0.717) is 44.5 Å². The van der Waals surface area contributed by atoms with Gasteiger partial charge in [-0.2, -0.15) is 0 Å². The van der Waals surface area contributed by atoms with E-state index in [1.165, 1.54) is 7.11 Å². The maximum absolute atomic E-state index is 13.1. The van der Waals surface area contributed by atoms with Gasteiger partial charge in [0.05, 0.1) is 18.2 Å². The number of rotatable bonds is 2. The number of hydrogen-bond acceptors (Lipinski definition) is 6. The number of benzene rings is 2. The van der Waals surface area contributed by atoms with E-state index < -0.39 is 17.4 Å². The molecule has 3 heterocycles. The van der Waals surface area contributed by atoms with Gasteiger partial charge in [-0.1, -0.05) is 12.1 Å². The molecule has 2 amide bonds. The van der Waals surface area contributed by atoms with Gasteiger partial charge in [-0.3, -0.25) is 9.59 Å². The third-order valence-corrected chi connectivity index (χ3v) is 5.72. The van der Waals surface area contributed by atoms with Crippen LogP contribution in [0.2, 0.25) is 0 Å². The van der Waals surface area contributed by atoms with E-state index >= 15 is 0 Å². The topological polar surface area (TPSA) is 90.0 Å². The molecular formula is C23H17NO6. The molecule has 0 fully saturated rings. The smallest absolute Gasteiger partial charge is 0.339 e. The first-order valence-corrected chi connectivity index (χ1v) is 9.37. The number of carbonyl (C=O) groups excluding carboxylic acids is 2. The van der Waals surface area contributed by atoms with Gasteiger partial charge in [0.2, 0.25) is 5.75 Å². The van der Waals surface area contributed by atoms with Gasteiger partial charge >= 0.3 is 5.63 Å². The lowest BCUT2D eigenvalue weighted by atomic mass is 10.0. The molecule has 1 aliphatic rings. The Morgan fingerprint density at radius 2 is 1.43 bits per heavy atom. The first-order valence-electron chi connectivity index (χ1n) is 9.37. The number of anilines is 1. The molecule has 30 heavy (non-hydrogen) atoms. The van der Waals surface area contributed by atoms with E-state index in [1.807, 2.05) is 6.92 Å². The molecule has 150 valence electrons. The highest BCUT2D eigenvalue weighted by atomic mass is 16.5. The van der Waals surface area contributed by atoms with Crippen molar-refractivity contribution in [2.75, 3.05) is 12.0 Å². The molecule has 4 aromatic rings. The van der Waals surface area contributed by atoms with Crippen molar-refractivity contribution in [2.45, 2.75) is 20.8 Å². The van der Waals surface area contributed by atoms with Crippen molar-refractivity contribution in [3.8, 4) is 5.75 Å². The number of hydrogen-bond donors (Lipinski definition) is 0. The van der Waals surface area contributed by atoms with Crippen LogP contribution < -0.4 is 15.3 Å². The summed E-state index contributed by atoms with van der Waals surface area (Å²) in [5.74, 6) is -0.195. The predicted octanol–water partition coefficient (Wildman–Crippen LogP) is 4.27. The van der Waals surface area contributed by atoms with Gasteiger partial charge in [0.15, 0.2) is 11.2 Å². The van der Waals surface area contributed by atoms with Crippen LogP contribution >= 0.6 is 0 Å². The third-order valence-electron chi connectivity index (χ3n) is 5.72. The summed E-state index contributed by atoms with van der Waals surface area (Å²) in [5, 5.41) is 1.18. The fraction of sp³-hybridized carbons (Fsp3) is 0.174. The highest BCUT2D eigenvalue weighted by molar-refractivity contribution is 6.36. The average Bonchev–Trinajstić information content (AvgIpc) is 3.18.